The minimum absolute atomic E-state index is 0.245. The number of nitrogens with zero attached hydrogens (tertiary/aromatic N) is 2. The molecule has 0 aliphatic heterocycles. The van der Waals surface area contributed by atoms with E-state index in [1.807, 2.05) is 13.8 Å². The highest BCUT2D eigenvalue weighted by molar-refractivity contribution is 7.15. The van der Waals surface area contributed by atoms with Crippen molar-refractivity contribution in [1.29, 1.82) is 0 Å². The predicted molar refractivity (Wildman–Crippen MR) is 75.3 cm³/mol. The maximum atomic E-state index is 11.1. The van der Waals surface area contributed by atoms with Crippen molar-refractivity contribution in [2.24, 2.45) is 0 Å². The number of hydrogen-bond donors (Lipinski definition) is 2. The van der Waals surface area contributed by atoms with Crippen LogP contribution in [0.15, 0.2) is 18.3 Å². The molecule has 0 saturated heterocycles. The standard InChI is InChI=1S/C13H15N3O2S/c1-3-4-10-5-9(12(17)18)6-11(15-10)16-13-14-7-8(2)19-13/h5-7H,3-4H2,1-2H3,(H,17,18)(H,14,15,16). The van der Waals surface area contributed by atoms with Gasteiger partial charge in [-0.15, -0.1) is 11.3 Å². The maximum absolute atomic E-state index is 11.1. The molecule has 0 bridgehead atoms. The van der Waals surface area contributed by atoms with Gasteiger partial charge >= 0.3 is 5.97 Å². The Balaban J connectivity index is 2.30. The molecule has 2 rings (SSSR count). The summed E-state index contributed by atoms with van der Waals surface area (Å²) >= 11 is 1.51. The van der Waals surface area contributed by atoms with E-state index in [9.17, 15) is 4.79 Å². The molecule has 2 aromatic heterocycles. The largest absolute Gasteiger partial charge is 0.478 e. The molecule has 0 aliphatic rings. The lowest BCUT2D eigenvalue weighted by atomic mass is 10.1. The maximum Gasteiger partial charge on any atom is 0.335 e. The second-order valence-electron chi connectivity index (χ2n) is 4.19. The Bertz CT molecular complexity index is 595. The van der Waals surface area contributed by atoms with Crippen LogP contribution >= 0.6 is 11.3 Å². The molecule has 0 amide bonds. The molecule has 2 N–H and O–H groups in total. The number of nitrogens with one attached hydrogen (secondary N) is 1. The van der Waals surface area contributed by atoms with Gasteiger partial charge in [-0.05, 0) is 25.5 Å². The van der Waals surface area contributed by atoms with Crippen LogP contribution in [0.2, 0.25) is 0 Å². The first-order valence-electron chi connectivity index (χ1n) is 6.02. The van der Waals surface area contributed by atoms with E-state index in [0.717, 1.165) is 28.5 Å². The second kappa shape index (κ2) is 5.79. The number of rotatable bonds is 5. The van der Waals surface area contributed by atoms with Crippen molar-refractivity contribution in [3.05, 3.63) is 34.5 Å². The number of carbonyl (C=O) groups is 1. The van der Waals surface area contributed by atoms with E-state index in [0.29, 0.717) is 5.82 Å². The average Bonchev–Trinajstić information content (AvgIpc) is 2.75. The first-order chi connectivity index (χ1) is 9.08. The Kier molecular flexibility index (Phi) is 4.11. The van der Waals surface area contributed by atoms with Gasteiger partial charge in [0.1, 0.15) is 5.82 Å². The molecular formula is C13H15N3O2S. The number of aromatic carboxylic acids is 1. The van der Waals surface area contributed by atoms with Crippen LogP contribution in [0.5, 0.6) is 0 Å². The van der Waals surface area contributed by atoms with Crippen LogP contribution in [-0.4, -0.2) is 21.0 Å². The van der Waals surface area contributed by atoms with Crippen LogP contribution in [0.1, 0.15) is 34.3 Å². The SMILES string of the molecule is CCCc1cc(C(=O)O)cc(Nc2ncc(C)s2)n1. The predicted octanol–water partition coefficient (Wildman–Crippen LogP) is 3.24. The van der Waals surface area contributed by atoms with Gasteiger partial charge < -0.3 is 10.4 Å². The molecule has 0 spiro atoms. The van der Waals surface area contributed by atoms with E-state index in [-0.39, 0.29) is 5.56 Å². The Morgan fingerprint density at radius 3 is 2.84 bits per heavy atom. The van der Waals surface area contributed by atoms with Gasteiger partial charge in [-0.2, -0.15) is 0 Å². The molecule has 0 atom stereocenters. The lowest BCUT2D eigenvalue weighted by molar-refractivity contribution is 0.0696. The third-order valence-electron chi connectivity index (χ3n) is 2.49. The third-order valence-corrected chi connectivity index (χ3v) is 3.32. The van der Waals surface area contributed by atoms with Gasteiger partial charge in [0.25, 0.3) is 0 Å². The van der Waals surface area contributed by atoms with Crippen molar-refractivity contribution in [1.82, 2.24) is 9.97 Å². The Morgan fingerprint density at radius 2 is 2.26 bits per heavy atom. The molecule has 100 valence electrons. The van der Waals surface area contributed by atoms with E-state index < -0.39 is 5.97 Å². The monoisotopic (exact) mass is 277 g/mol. The quantitative estimate of drug-likeness (QED) is 0.877. The number of thiazole rings is 1. The minimum Gasteiger partial charge on any atom is -0.478 e. The molecule has 2 heterocycles. The van der Waals surface area contributed by atoms with E-state index in [1.54, 1.807) is 12.3 Å². The van der Waals surface area contributed by atoms with Crippen LogP contribution in [0, 0.1) is 6.92 Å². The van der Waals surface area contributed by atoms with Gasteiger partial charge in [0.2, 0.25) is 0 Å². The smallest absolute Gasteiger partial charge is 0.335 e. The van der Waals surface area contributed by atoms with Crippen molar-refractivity contribution in [3.63, 3.8) is 0 Å². The molecule has 2 aromatic rings. The fourth-order valence-corrected chi connectivity index (χ4v) is 2.35. The lowest BCUT2D eigenvalue weighted by Crippen LogP contribution is -2.03. The summed E-state index contributed by atoms with van der Waals surface area (Å²) in [6.07, 6.45) is 3.44. The summed E-state index contributed by atoms with van der Waals surface area (Å²) in [5, 5.41) is 12.9. The van der Waals surface area contributed by atoms with Gasteiger partial charge in [-0.25, -0.2) is 14.8 Å². The topological polar surface area (TPSA) is 75.1 Å². The third kappa shape index (κ3) is 3.51. The molecule has 0 radical (unpaired) electrons. The van der Waals surface area contributed by atoms with Crippen LogP contribution in [0.3, 0.4) is 0 Å². The van der Waals surface area contributed by atoms with Crippen molar-refractivity contribution in [2.45, 2.75) is 26.7 Å². The number of carboxylic acids is 1. The molecular weight excluding hydrogens is 262 g/mol. The van der Waals surface area contributed by atoms with Crippen molar-refractivity contribution in [3.8, 4) is 0 Å². The fraction of sp³-hybridized carbons (Fsp3) is 0.308. The van der Waals surface area contributed by atoms with Crippen molar-refractivity contribution < 1.29 is 9.90 Å². The summed E-state index contributed by atoms with van der Waals surface area (Å²) in [5.74, 6) is -0.421. The first kappa shape index (κ1) is 13.5. The lowest BCUT2D eigenvalue weighted by Gasteiger charge is -2.06. The Morgan fingerprint density at radius 1 is 1.47 bits per heavy atom. The zero-order valence-corrected chi connectivity index (χ0v) is 11.6. The number of anilines is 2. The number of aromatic nitrogens is 2. The molecule has 6 heteroatoms. The molecule has 0 aromatic carbocycles. The number of aryl methyl sites for hydroxylation is 2. The summed E-state index contributed by atoms with van der Waals surface area (Å²) < 4.78 is 0. The summed E-state index contributed by atoms with van der Waals surface area (Å²) in [6.45, 7) is 4.00. The zero-order valence-electron chi connectivity index (χ0n) is 10.8. The molecule has 0 fully saturated rings. The van der Waals surface area contributed by atoms with Gasteiger partial charge in [0, 0.05) is 16.8 Å². The molecule has 5 nitrogen and oxygen atoms in total. The first-order valence-corrected chi connectivity index (χ1v) is 6.84. The second-order valence-corrected chi connectivity index (χ2v) is 5.42. The highest BCUT2D eigenvalue weighted by Crippen LogP contribution is 2.22. The molecule has 0 unspecified atom stereocenters. The van der Waals surface area contributed by atoms with Crippen molar-refractivity contribution >= 4 is 28.3 Å². The van der Waals surface area contributed by atoms with Gasteiger partial charge in [0.05, 0.1) is 5.56 Å². The van der Waals surface area contributed by atoms with E-state index in [1.165, 1.54) is 17.4 Å². The average molecular weight is 277 g/mol. The molecule has 0 aliphatic carbocycles. The highest BCUT2D eigenvalue weighted by atomic mass is 32.1. The van der Waals surface area contributed by atoms with Crippen LogP contribution in [0.4, 0.5) is 10.9 Å². The Hall–Kier alpha value is -1.95. The summed E-state index contributed by atoms with van der Waals surface area (Å²) in [5.41, 5.74) is 1.02. The van der Waals surface area contributed by atoms with Crippen LogP contribution < -0.4 is 5.32 Å². The van der Waals surface area contributed by atoms with E-state index in [2.05, 4.69) is 15.3 Å². The Labute approximate surface area is 115 Å². The molecule has 0 saturated carbocycles. The van der Waals surface area contributed by atoms with E-state index in [4.69, 9.17) is 5.11 Å². The van der Waals surface area contributed by atoms with E-state index >= 15 is 0 Å². The number of carboxylic acid groups (broad SMARTS) is 1. The summed E-state index contributed by atoms with van der Waals surface area (Å²) in [4.78, 5) is 20.8. The normalized spacial score (nSPS) is 10.4. The van der Waals surface area contributed by atoms with Gasteiger partial charge in [-0.1, -0.05) is 13.3 Å². The minimum atomic E-state index is -0.946. The summed E-state index contributed by atoms with van der Waals surface area (Å²) in [7, 11) is 0. The fourth-order valence-electron chi connectivity index (χ4n) is 1.68. The number of hydrogen-bond acceptors (Lipinski definition) is 5. The number of pyridine rings is 1. The highest BCUT2D eigenvalue weighted by Gasteiger charge is 2.09. The molecule has 19 heavy (non-hydrogen) atoms. The van der Waals surface area contributed by atoms with Crippen molar-refractivity contribution in [2.75, 3.05) is 5.32 Å². The zero-order chi connectivity index (χ0) is 13.8. The van der Waals surface area contributed by atoms with Gasteiger partial charge in [0.15, 0.2) is 5.13 Å². The van der Waals surface area contributed by atoms with Gasteiger partial charge in [-0.3, -0.25) is 0 Å². The van der Waals surface area contributed by atoms with Crippen LogP contribution in [0.25, 0.3) is 0 Å². The van der Waals surface area contributed by atoms with Crippen LogP contribution in [-0.2, 0) is 6.42 Å². The summed E-state index contributed by atoms with van der Waals surface area (Å²) in [6, 6.07) is 3.14.